The molecule has 164 valence electrons. The predicted octanol–water partition coefficient (Wildman–Crippen LogP) is 2.82. The molecule has 0 saturated carbocycles. The van der Waals surface area contributed by atoms with E-state index >= 15 is 0 Å². The highest BCUT2D eigenvalue weighted by Crippen LogP contribution is 2.25. The third-order valence-corrected chi connectivity index (χ3v) is 3.78. The van der Waals surface area contributed by atoms with Crippen LogP contribution in [0.3, 0.4) is 0 Å². The standard InChI is InChI=1S/C21H19F2NO7/c1-28-16-9-3-13(17(11-16)29-2)6-10-19(26)30-12-18(25)24-20(27)14-4-7-15(8-5-14)31-21(22)23/h3-11,21H,12H2,1-2H3,(H,24,25,27)/b10-6+. The molecule has 0 spiro atoms. The molecule has 0 fully saturated rings. The minimum Gasteiger partial charge on any atom is -0.497 e. The Kier molecular flexibility index (Phi) is 8.50. The van der Waals surface area contributed by atoms with Crippen molar-refractivity contribution < 1.29 is 42.1 Å². The zero-order valence-electron chi connectivity index (χ0n) is 16.6. The second-order valence-corrected chi connectivity index (χ2v) is 5.83. The first kappa shape index (κ1) is 23.3. The molecule has 0 heterocycles. The van der Waals surface area contributed by atoms with Gasteiger partial charge in [0.05, 0.1) is 14.2 Å². The number of nitrogens with one attached hydrogen (secondary N) is 1. The molecule has 0 aliphatic heterocycles. The molecular weight excluding hydrogens is 416 g/mol. The van der Waals surface area contributed by atoms with Crippen LogP contribution in [0.5, 0.6) is 17.2 Å². The summed E-state index contributed by atoms with van der Waals surface area (Å²) < 4.78 is 43.5. The number of benzene rings is 2. The van der Waals surface area contributed by atoms with Crippen molar-refractivity contribution in [1.82, 2.24) is 5.32 Å². The van der Waals surface area contributed by atoms with E-state index in [9.17, 15) is 23.2 Å². The van der Waals surface area contributed by atoms with E-state index in [4.69, 9.17) is 14.2 Å². The third kappa shape index (κ3) is 7.42. The lowest BCUT2D eigenvalue weighted by Crippen LogP contribution is -2.34. The summed E-state index contributed by atoms with van der Waals surface area (Å²) in [6.45, 7) is -3.68. The van der Waals surface area contributed by atoms with Crippen LogP contribution in [-0.4, -0.2) is 45.2 Å². The molecule has 1 N–H and O–H groups in total. The Morgan fingerprint density at radius 1 is 1.00 bits per heavy atom. The number of esters is 1. The van der Waals surface area contributed by atoms with Crippen LogP contribution in [0.4, 0.5) is 8.78 Å². The van der Waals surface area contributed by atoms with Gasteiger partial charge in [0.15, 0.2) is 6.61 Å². The van der Waals surface area contributed by atoms with Crippen molar-refractivity contribution in [3.05, 3.63) is 59.7 Å². The van der Waals surface area contributed by atoms with E-state index in [0.717, 1.165) is 18.2 Å². The fraction of sp³-hybridized carbons (Fsp3) is 0.190. The SMILES string of the molecule is COc1ccc(/C=C/C(=O)OCC(=O)NC(=O)c2ccc(OC(F)F)cc2)c(OC)c1. The molecule has 0 aliphatic rings. The number of alkyl halides is 2. The average Bonchev–Trinajstić information content (AvgIpc) is 2.76. The quantitative estimate of drug-likeness (QED) is 0.478. The van der Waals surface area contributed by atoms with Crippen molar-refractivity contribution in [2.24, 2.45) is 0 Å². The van der Waals surface area contributed by atoms with Gasteiger partial charge in [-0.1, -0.05) is 0 Å². The van der Waals surface area contributed by atoms with Gasteiger partial charge in [-0.15, -0.1) is 0 Å². The zero-order chi connectivity index (χ0) is 22.8. The Labute approximate surface area is 176 Å². The first-order valence-corrected chi connectivity index (χ1v) is 8.78. The molecule has 31 heavy (non-hydrogen) atoms. The van der Waals surface area contributed by atoms with Crippen molar-refractivity contribution in [2.45, 2.75) is 6.61 Å². The predicted molar refractivity (Wildman–Crippen MR) is 105 cm³/mol. The lowest BCUT2D eigenvalue weighted by molar-refractivity contribution is -0.143. The highest BCUT2D eigenvalue weighted by molar-refractivity contribution is 6.05. The maximum Gasteiger partial charge on any atom is 0.387 e. The Hall–Kier alpha value is -3.95. The molecule has 10 heteroatoms. The fourth-order valence-electron chi connectivity index (χ4n) is 2.32. The molecule has 0 atom stereocenters. The van der Waals surface area contributed by atoms with E-state index in [2.05, 4.69) is 4.74 Å². The summed E-state index contributed by atoms with van der Waals surface area (Å²) in [4.78, 5) is 35.6. The molecule has 0 unspecified atom stereocenters. The molecule has 0 aromatic heterocycles. The van der Waals surface area contributed by atoms with Gasteiger partial charge < -0.3 is 18.9 Å². The Bertz CT molecular complexity index is 959. The van der Waals surface area contributed by atoms with E-state index in [1.807, 2.05) is 5.32 Å². The maximum absolute atomic E-state index is 12.1. The summed E-state index contributed by atoms with van der Waals surface area (Å²) in [5, 5.41) is 2.01. The minimum atomic E-state index is -2.99. The van der Waals surface area contributed by atoms with Gasteiger partial charge in [0, 0.05) is 23.3 Å². The van der Waals surface area contributed by atoms with Crippen molar-refractivity contribution in [3.63, 3.8) is 0 Å². The molecule has 2 rings (SSSR count). The van der Waals surface area contributed by atoms with Gasteiger partial charge in [-0.05, 0) is 42.5 Å². The molecule has 0 bridgehead atoms. The van der Waals surface area contributed by atoms with Crippen LogP contribution >= 0.6 is 0 Å². The first-order valence-electron chi connectivity index (χ1n) is 8.78. The number of amides is 2. The second-order valence-electron chi connectivity index (χ2n) is 5.83. The van der Waals surface area contributed by atoms with Gasteiger partial charge in [0.2, 0.25) is 0 Å². The van der Waals surface area contributed by atoms with Crippen molar-refractivity contribution in [3.8, 4) is 17.2 Å². The summed E-state index contributed by atoms with van der Waals surface area (Å²) in [7, 11) is 2.97. The van der Waals surface area contributed by atoms with Crippen LogP contribution < -0.4 is 19.5 Å². The number of halogens is 2. The molecular formula is C21H19F2NO7. The second kappa shape index (κ2) is 11.3. The number of hydrogen-bond acceptors (Lipinski definition) is 7. The zero-order valence-corrected chi connectivity index (χ0v) is 16.6. The molecule has 2 amide bonds. The van der Waals surface area contributed by atoms with Crippen LogP contribution in [0.1, 0.15) is 15.9 Å². The number of rotatable bonds is 9. The summed E-state index contributed by atoms with van der Waals surface area (Å²) >= 11 is 0. The van der Waals surface area contributed by atoms with Gasteiger partial charge in [-0.2, -0.15) is 8.78 Å². The number of methoxy groups -OCH3 is 2. The van der Waals surface area contributed by atoms with Crippen LogP contribution in [0.25, 0.3) is 6.08 Å². The van der Waals surface area contributed by atoms with Crippen molar-refractivity contribution in [2.75, 3.05) is 20.8 Å². The largest absolute Gasteiger partial charge is 0.497 e. The van der Waals surface area contributed by atoms with E-state index in [1.165, 1.54) is 32.4 Å². The van der Waals surface area contributed by atoms with E-state index in [-0.39, 0.29) is 11.3 Å². The number of carbonyl (C=O) groups excluding carboxylic acids is 3. The Morgan fingerprint density at radius 3 is 2.29 bits per heavy atom. The number of imide groups is 1. The summed E-state index contributed by atoms with van der Waals surface area (Å²) in [6, 6.07) is 9.71. The molecule has 2 aromatic rings. The van der Waals surface area contributed by atoms with Crippen molar-refractivity contribution >= 4 is 23.9 Å². The molecule has 8 nitrogen and oxygen atoms in total. The lowest BCUT2D eigenvalue weighted by Gasteiger charge is -2.07. The van der Waals surface area contributed by atoms with E-state index < -0.39 is 31.0 Å². The lowest BCUT2D eigenvalue weighted by atomic mass is 10.2. The summed E-state index contributed by atoms with van der Waals surface area (Å²) in [5.41, 5.74) is 0.618. The van der Waals surface area contributed by atoms with Gasteiger partial charge in [-0.3, -0.25) is 14.9 Å². The van der Waals surface area contributed by atoms with E-state index in [1.54, 1.807) is 18.2 Å². The fourth-order valence-corrected chi connectivity index (χ4v) is 2.32. The van der Waals surface area contributed by atoms with Gasteiger partial charge in [0.1, 0.15) is 17.2 Å². The van der Waals surface area contributed by atoms with Crippen LogP contribution in [-0.2, 0) is 14.3 Å². The normalized spacial score (nSPS) is 10.6. The van der Waals surface area contributed by atoms with Crippen LogP contribution in [0, 0.1) is 0 Å². The van der Waals surface area contributed by atoms with E-state index in [0.29, 0.717) is 17.1 Å². The van der Waals surface area contributed by atoms with Gasteiger partial charge >= 0.3 is 12.6 Å². The van der Waals surface area contributed by atoms with Crippen LogP contribution in [0.15, 0.2) is 48.5 Å². The smallest absolute Gasteiger partial charge is 0.387 e. The highest BCUT2D eigenvalue weighted by Gasteiger charge is 2.13. The molecule has 0 aliphatic carbocycles. The topological polar surface area (TPSA) is 100 Å². The number of ether oxygens (including phenoxy) is 4. The first-order chi connectivity index (χ1) is 14.8. The molecule has 0 radical (unpaired) electrons. The Morgan fingerprint density at radius 2 is 1.68 bits per heavy atom. The van der Waals surface area contributed by atoms with Gasteiger partial charge in [0.25, 0.3) is 11.8 Å². The number of carbonyl (C=O) groups is 3. The van der Waals surface area contributed by atoms with Crippen molar-refractivity contribution in [1.29, 1.82) is 0 Å². The van der Waals surface area contributed by atoms with Crippen LogP contribution in [0.2, 0.25) is 0 Å². The molecule has 0 saturated heterocycles. The maximum atomic E-state index is 12.1. The molecule has 2 aromatic carbocycles. The number of hydrogen-bond donors (Lipinski definition) is 1. The highest BCUT2D eigenvalue weighted by atomic mass is 19.3. The minimum absolute atomic E-state index is 0.0350. The average molecular weight is 435 g/mol. The summed E-state index contributed by atoms with van der Waals surface area (Å²) in [5.74, 6) is -1.54. The Balaban J connectivity index is 1.84. The van der Waals surface area contributed by atoms with Gasteiger partial charge in [-0.25, -0.2) is 4.79 Å². The monoisotopic (exact) mass is 435 g/mol. The third-order valence-electron chi connectivity index (χ3n) is 3.78. The summed E-state index contributed by atoms with van der Waals surface area (Å²) in [6.07, 6.45) is 2.54.